The highest BCUT2D eigenvalue weighted by Crippen LogP contribution is 2.29. The molecule has 0 amide bonds. The van der Waals surface area contributed by atoms with Gasteiger partial charge in [-0.2, -0.15) is 8.78 Å². The largest absolute Gasteiger partial charge is 0.416 e. The molecule has 4 nitrogen and oxygen atoms in total. The first-order valence-electron chi connectivity index (χ1n) is 7.53. The number of aromatic nitrogens is 1. The van der Waals surface area contributed by atoms with Crippen molar-refractivity contribution in [2.24, 2.45) is 0 Å². The van der Waals surface area contributed by atoms with Crippen LogP contribution in [0.1, 0.15) is 10.4 Å². The molecule has 0 atom stereocenters. The van der Waals surface area contributed by atoms with Gasteiger partial charge in [-0.3, -0.25) is 4.79 Å². The summed E-state index contributed by atoms with van der Waals surface area (Å²) in [5.41, 5.74) is -2.30. The summed E-state index contributed by atoms with van der Waals surface area (Å²) >= 11 is 0. The summed E-state index contributed by atoms with van der Waals surface area (Å²) in [7, 11) is 0. The molecule has 3 aromatic rings. The molecule has 0 saturated heterocycles. The van der Waals surface area contributed by atoms with Gasteiger partial charge in [-0.25, -0.2) is 26.7 Å². The van der Waals surface area contributed by atoms with E-state index >= 15 is 0 Å². The third-order valence-electron chi connectivity index (χ3n) is 3.67. The van der Waals surface area contributed by atoms with Crippen molar-refractivity contribution in [3.05, 3.63) is 87.0 Å². The van der Waals surface area contributed by atoms with Crippen LogP contribution in [-0.4, -0.2) is 11.0 Å². The quantitative estimate of drug-likeness (QED) is 0.228. The fourth-order valence-electron chi connectivity index (χ4n) is 2.33. The number of carbonyl (C=O) groups excluding carboxylic acids is 1. The number of H-pyrrole nitrogens is 1. The smallest absolute Gasteiger partial charge is 0.349 e. The van der Waals surface area contributed by atoms with Gasteiger partial charge in [0.2, 0.25) is 34.8 Å². The molecule has 1 aromatic heterocycles. The Balaban J connectivity index is 1.97. The number of rotatable bonds is 3. The Labute approximate surface area is 156 Å². The zero-order valence-corrected chi connectivity index (χ0v) is 13.8. The third-order valence-corrected chi connectivity index (χ3v) is 3.67. The molecule has 29 heavy (non-hydrogen) atoms. The minimum absolute atomic E-state index is 0.0979. The summed E-state index contributed by atoms with van der Waals surface area (Å²) in [5.74, 6) is -17.5. The van der Waals surface area contributed by atoms with Crippen LogP contribution in [0.5, 0.6) is 5.75 Å². The van der Waals surface area contributed by atoms with Gasteiger partial charge in [-0.05, 0) is 24.3 Å². The standard InChI is InChI=1S/C18H6F7NO3/c19-7-3-6(4-8(20)5-7)10-2-1-9(17(27)26-10)18(28)29-16-14(24)12(22)11(21)13(23)15(16)25/h1-5H,(H,26,27). The molecule has 3 rings (SSSR count). The Kier molecular flexibility index (Phi) is 5.14. The van der Waals surface area contributed by atoms with E-state index in [9.17, 15) is 40.3 Å². The van der Waals surface area contributed by atoms with Crippen LogP contribution in [0, 0.1) is 40.7 Å². The highest BCUT2D eigenvalue weighted by Gasteiger charge is 2.29. The molecule has 0 fully saturated rings. The summed E-state index contributed by atoms with van der Waals surface area (Å²) in [6, 6.07) is 4.13. The number of pyridine rings is 1. The lowest BCUT2D eigenvalue weighted by Gasteiger charge is -2.09. The van der Waals surface area contributed by atoms with Crippen molar-refractivity contribution in [3.63, 3.8) is 0 Å². The van der Waals surface area contributed by atoms with Crippen LogP contribution in [0.2, 0.25) is 0 Å². The fourth-order valence-corrected chi connectivity index (χ4v) is 2.33. The fraction of sp³-hybridized carbons (Fsp3) is 0. The van der Waals surface area contributed by atoms with E-state index in [0.29, 0.717) is 6.07 Å². The van der Waals surface area contributed by atoms with Gasteiger partial charge in [0.1, 0.15) is 17.2 Å². The van der Waals surface area contributed by atoms with Crippen LogP contribution >= 0.6 is 0 Å². The van der Waals surface area contributed by atoms with Gasteiger partial charge in [0, 0.05) is 17.3 Å². The van der Waals surface area contributed by atoms with Crippen molar-refractivity contribution in [3.8, 4) is 17.0 Å². The van der Waals surface area contributed by atoms with Crippen LogP contribution in [0.4, 0.5) is 30.7 Å². The first kappa shape index (κ1) is 20.1. The molecular formula is C18H6F7NO3. The number of carbonyl (C=O) groups is 1. The first-order chi connectivity index (χ1) is 13.6. The minimum Gasteiger partial charge on any atom is -0.416 e. The van der Waals surface area contributed by atoms with E-state index in [4.69, 9.17) is 0 Å². The Bertz CT molecular complexity index is 1160. The molecule has 1 heterocycles. The Morgan fingerprint density at radius 2 is 1.28 bits per heavy atom. The molecule has 0 aliphatic heterocycles. The topological polar surface area (TPSA) is 59.2 Å². The molecule has 0 aliphatic rings. The average Bonchev–Trinajstić information content (AvgIpc) is 2.67. The molecule has 11 heteroatoms. The van der Waals surface area contributed by atoms with Crippen molar-refractivity contribution in [1.82, 2.24) is 4.98 Å². The maximum Gasteiger partial charge on any atom is 0.349 e. The molecule has 0 spiro atoms. The van der Waals surface area contributed by atoms with Gasteiger partial charge in [-0.15, -0.1) is 0 Å². The third kappa shape index (κ3) is 3.71. The van der Waals surface area contributed by atoms with Crippen molar-refractivity contribution < 1.29 is 40.3 Å². The van der Waals surface area contributed by atoms with Crippen molar-refractivity contribution in [2.45, 2.75) is 0 Å². The molecule has 0 aliphatic carbocycles. The SMILES string of the molecule is O=C(Oc1c(F)c(F)c(F)c(F)c1F)c1ccc(-c2cc(F)cc(F)c2)[nH]c1=O. The van der Waals surface area contributed by atoms with Crippen LogP contribution in [0.3, 0.4) is 0 Å². The lowest BCUT2D eigenvalue weighted by Crippen LogP contribution is -2.23. The summed E-state index contributed by atoms with van der Waals surface area (Å²) in [5, 5.41) is 0. The molecule has 2 aromatic carbocycles. The Morgan fingerprint density at radius 3 is 1.79 bits per heavy atom. The number of esters is 1. The van der Waals surface area contributed by atoms with Crippen molar-refractivity contribution in [1.29, 1.82) is 0 Å². The number of aromatic amines is 1. The lowest BCUT2D eigenvalue weighted by atomic mass is 10.1. The average molecular weight is 417 g/mol. The second-order valence-corrected chi connectivity index (χ2v) is 5.56. The normalized spacial score (nSPS) is 10.9. The maximum atomic E-state index is 13.6. The molecular weight excluding hydrogens is 411 g/mol. The zero-order valence-electron chi connectivity index (χ0n) is 13.8. The van der Waals surface area contributed by atoms with Gasteiger partial charge in [0.05, 0.1) is 0 Å². The number of ether oxygens (including phenoxy) is 1. The van der Waals surface area contributed by atoms with E-state index in [1.165, 1.54) is 0 Å². The first-order valence-corrected chi connectivity index (χ1v) is 7.53. The molecule has 0 unspecified atom stereocenters. The van der Waals surface area contributed by atoms with Gasteiger partial charge in [-0.1, -0.05) is 0 Å². The maximum absolute atomic E-state index is 13.6. The van der Waals surface area contributed by atoms with Crippen LogP contribution in [0.25, 0.3) is 11.3 Å². The van der Waals surface area contributed by atoms with E-state index < -0.39 is 63.6 Å². The second-order valence-electron chi connectivity index (χ2n) is 5.56. The zero-order chi connectivity index (χ0) is 21.5. The van der Waals surface area contributed by atoms with Gasteiger partial charge >= 0.3 is 5.97 Å². The van der Waals surface area contributed by atoms with Crippen molar-refractivity contribution in [2.75, 3.05) is 0 Å². The molecule has 0 saturated carbocycles. The van der Waals surface area contributed by atoms with E-state index in [2.05, 4.69) is 9.72 Å². The molecule has 1 N–H and O–H groups in total. The van der Waals surface area contributed by atoms with E-state index in [1.807, 2.05) is 0 Å². The Morgan fingerprint density at radius 1 is 0.759 bits per heavy atom. The van der Waals surface area contributed by atoms with Gasteiger partial charge in [0.25, 0.3) is 5.56 Å². The van der Waals surface area contributed by atoms with Crippen LogP contribution in [-0.2, 0) is 0 Å². The molecule has 0 bridgehead atoms. The summed E-state index contributed by atoms with van der Waals surface area (Å²) in [6.07, 6.45) is 0. The van der Waals surface area contributed by atoms with Crippen LogP contribution < -0.4 is 10.3 Å². The monoisotopic (exact) mass is 417 g/mol. The lowest BCUT2D eigenvalue weighted by molar-refractivity contribution is 0.0714. The van der Waals surface area contributed by atoms with Crippen LogP contribution in [0.15, 0.2) is 35.1 Å². The molecule has 150 valence electrons. The predicted molar refractivity (Wildman–Crippen MR) is 83.6 cm³/mol. The second kappa shape index (κ2) is 7.41. The highest BCUT2D eigenvalue weighted by atomic mass is 19.2. The summed E-state index contributed by atoms with van der Waals surface area (Å²) in [6.45, 7) is 0. The van der Waals surface area contributed by atoms with Crippen molar-refractivity contribution >= 4 is 5.97 Å². The molecule has 0 radical (unpaired) electrons. The van der Waals surface area contributed by atoms with E-state index in [-0.39, 0.29) is 11.3 Å². The predicted octanol–water partition coefficient (Wildman–Crippen LogP) is 4.23. The number of benzene rings is 2. The van der Waals surface area contributed by atoms with Gasteiger partial charge in [0.15, 0.2) is 0 Å². The Hall–Kier alpha value is -3.63. The van der Waals surface area contributed by atoms with E-state index in [0.717, 1.165) is 24.3 Å². The van der Waals surface area contributed by atoms with Gasteiger partial charge < -0.3 is 9.72 Å². The minimum atomic E-state index is -2.45. The summed E-state index contributed by atoms with van der Waals surface area (Å²) in [4.78, 5) is 26.1. The number of nitrogens with one attached hydrogen (secondary N) is 1. The summed E-state index contributed by atoms with van der Waals surface area (Å²) < 4.78 is 97.2. The van der Waals surface area contributed by atoms with E-state index in [1.54, 1.807) is 0 Å². The highest BCUT2D eigenvalue weighted by molar-refractivity contribution is 5.91. The number of hydrogen-bond donors (Lipinski definition) is 1. The number of halogens is 7. The number of hydrogen-bond acceptors (Lipinski definition) is 3.